The fourth-order valence-electron chi connectivity index (χ4n) is 2.17. The molecule has 3 aromatic carbocycles. The Morgan fingerprint density at radius 2 is 1.64 bits per heavy atom. The van der Waals surface area contributed by atoms with Crippen LogP contribution in [0.15, 0.2) is 71.7 Å². The number of aliphatic imine (C=N–C) groups is 1. The van der Waals surface area contributed by atoms with Gasteiger partial charge in [0.1, 0.15) is 12.4 Å². The van der Waals surface area contributed by atoms with E-state index < -0.39 is 0 Å². The Hall–Kier alpha value is -2.00. The minimum absolute atomic E-state index is 0.313. The third-order valence-corrected chi connectivity index (χ3v) is 4.36. The first-order chi connectivity index (χ1) is 12.1. The Labute approximate surface area is 161 Å². The Kier molecular flexibility index (Phi) is 5.98. The predicted octanol–water partition coefficient (Wildman–Crippen LogP) is 6.98. The molecule has 0 saturated carbocycles. The van der Waals surface area contributed by atoms with Gasteiger partial charge >= 0.3 is 0 Å². The smallest absolute Gasteiger partial charge is 0.138 e. The van der Waals surface area contributed by atoms with Crippen LogP contribution >= 0.6 is 34.8 Å². The van der Waals surface area contributed by atoms with Crippen LogP contribution in [0.5, 0.6) is 5.75 Å². The highest BCUT2D eigenvalue weighted by Crippen LogP contribution is 2.28. The highest BCUT2D eigenvalue weighted by atomic mass is 35.5. The first-order valence-electron chi connectivity index (χ1n) is 7.57. The van der Waals surface area contributed by atoms with E-state index in [4.69, 9.17) is 39.5 Å². The van der Waals surface area contributed by atoms with Gasteiger partial charge < -0.3 is 4.74 Å². The molecule has 0 aliphatic rings. The quantitative estimate of drug-likeness (QED) is 0.431. The van der Waals surface area contributed by atoms with Crippen LogP contribution in [0.25, 0.3) is 0 Å². The second kappa shape index (κ2) is 8.39. The Morgan fingerprint density at radius 3 is 2.36 bits per heavy atom. The van der Waals surface area contributed by atoms with Gasteiger partial charge in [0.25, 0.3) is 0 Å². The minimum atomic E-state index is 0.313. The number of hydrogen-bond donors (Lipinski definition) is 0. The van der Waals surface area contributed by atoms with E-state index in [1.54, 1.807) is 18.3 Å². The summed E-state index contributed by atoms with van der Waals surface area (Å²) in [5.41, 5.74) is 2.62. The van der Waals surface area contributed by atoms with Gasteiger partial charge in [-0.1, -0.05) is 59.1 Å². The van der Waals surface area contributed by atoms with E-state index in [0.29, 0.717) is 27.4 Å². The molecule has 3 rings (SSSR count). The molecular formula is C20H14Cl3NO. The number of nitrogens with zero attached hydrogens (tertiary/aromatic N) is 1. The van der Waals surface area contributed by atoms with Crippen molar-refractivity contribution in [3.63, 3.8) is 0 Å². The van der Waals surface area contributed by atoms with Gasteiger partial charge in [0.05, 0.1) is 10.7 Å². The normalized spacial score (nSPS) is 11.0. The lowest BCUT2D eigenvalue weighted by atomic mass is 10.2. The lowest BCUT2D eigenvalue weighted by Gasteiger charge is -2.10. The molecule has 0 atom stereocenters. The van der Waals surface area contributed by atoms with Crippen molar-refractivity contribution >= 4 is 46.7 Å². The van der Waals surface area contributed by atoms with Gasteiger partial charge in [0, 0.05) is 21.8 Å². The van der Waals surface area contributed by atoms with E-state index in [1.807, 2.05) is 54.6 Å². The molecule has 0 spiro atoms. The average molecular weight is 391 g/mol. The zero-order valence-corrected chi connectivity index (χ0v) is 15.4. The molecule has 3 aromatic rings. The van der Waals surface area contributed by atoms with Crippen molar-refractivity contribution in [1.29, 1.82) is 0 Å². The summed E-state index contributed by atoms with van der Waals surface area (Å²) in [5.74, 6) is 0.588. The molecule has 0 amide bonds. The first-order valence-corrected chi connectivity index (χ1v) is 8.70. The van der Waals surface area contributed by atoms with E-state index >= 15 is 0 Å². The van der Waals surface area contributed by atoms with Crippen LogP contribution in [0, 0.1) is 0 Å². The van der Waals surface area contributed by atoms with Gasteiger partial charge in [0.15, 0.2) is 0 Å². The number of rotatable bonds is 5. The molecule has 0 radical (unpaired) electrons. The lowest BCUT2D eigenvalue weighted by Crippen LogP contribution is -1.97. The molecule has 25 heavy (non-hydrogen) atoms. The molecule has 0 heterocycles. The van der Waals surface area contributed by atoms with Crippen molar-refractivity contribution in [2.24, 2.45) is 4.99 Å². The first kappa shape index (κ1) is 17.8. The summed E-state index contributed by atoms with van der Waals surface area (Å²) >= 11 is 18.3. The van der Waals surface area contributed by atoms with Crippen molar-refractivity contribution in [3.8, 4) is 5.75 Å². The van der Waals surface area contributed by atoms with Crippen LogP contribution in [0.3, 0.4) is 0 Å². The highest BCUT2D eigenvalue weighted by Gasteiger charge is 2.06. The molecule has 0 saturated heterocycles. The second-order valence-corrected chi connectivity index (χ2v) is 6.56. The number of ether oxygens (including phenoxy) is 1. The molecule has 5 heteroatoms. The Balaban J connectivity index is 1.68. The fraction of sp³-hybridized carbons (Fsp3) is 0.0500. The summed E-state index contributed by atoms with van der Waals surface area (Å²) in [5, 5.41) is 1.67. The monoisotopic (exact) mass is 389 g/mol. The predicted molar refractivity (Wildman–Crippen MR) is 106 cm³/mol. The number of hydrogen-bond acceptors (Lipinski definition) is 2. The van der Waals surface area contributed by atoms with Gasteiger partial charge in [-0.25, -0.2) is 0 Å². The molecule has 2 nitrogen and oxygen atoms in total. The van der Waals surface area contributed by atoms with Crippen LogP contribution < -0.4 is 4.74 Å². The maximum atomic E-state index is 6.30. The lowest BCUT2D eigenvalue weighted by molar-refractivity contribution is 0.306. The summed E-state index contributed by atoms with van der Waals surface area (Å²) in [6, 6.07) is 20.5. The molecule has 0 N–H and O–H groups in total. The standard InChI is InChI=1S/C20H14Cl3NO/c21-16-8-7-15(18(22)11-16)13-25-20-9-6-14(10-19(20)23)12-24-17-4-2-1-3-5-17/h1-12H,13H2. The summed E-state index contributed by atoms with van der Waals surface area (Å²) in [4.78, 5) is 4.41. The van der Waals surface area contributed by atoms with E-state index in [9.17, 15) is 0 Å². The van der Waals surface area contributed by atoms with E-state index in [1.165, 1.54) is 0 Å². The van der Waals surface area contributed by atoms with Crippen molar-refractivity contribution in [2.75, 3.05) is 0 Å². The molecule has 0 bridgehead atoms. The van der Waals surface area contributed by atoms with Crippen molar-refractivity contribution in [1.82, 2.24) is 0 Å². The molecule has 0 aromatic heterocycles. The highest BCUT2D eigenvalue weighted by molar-refractivity contribution is 6.35. The Morgan fingerprint density at radius 1 is 0.840 bits per heavy atom. The summed E-state index contributed by atoms with van der Waals surface area (Å²) in [7, 11) is 0. The molecule has 0 aliphatic carbocycles. The maximum Gasteiger partial charge on any atom is 0.138 e. The number of para-hydroxylation sites is 1. The molecule has 0 aliphatic heterocycles. The zero-order chi connectivity index (χ0) is 17.6. The van der Waals surface area contributed by atoms with Crippen LogP contribution in [-0.4, -0.2) is 6.21 Å². The van der Waals surface area contributed by atoms with Gasteiger partial charge in [-0.2, -0.15) is 0 Å². The van der Waals surface area contributed by atoms with Crippen LogP contribution in [0.2, 0.25) is 15.1 Å². The SMILES string of the molecule is Clc1ccc(COc2ccc(C=Nc3ccccc3)cc2Cl)c(Cl)c1. The van der Waals surface area contributed by atoms with Crippen LogP contribution in [0.1, 0.15) is 11.1 Å². The maximum absolute atomic E-state index is 6.30. The second-order valence-electron chi connectivity index (χ2n) is 5.31. The van der Waals surface area contributed by atoms with Gasteiger partial charge in [-0.15, -0.1) is 0 Å². The third-order valence-electron chi connectivity index (χ3n) is 3.47. The number of benzene rings is 3. The zero-order valence-electron chi connectivity index (χ0n) is 13.1. The molecule has 0 unspecified atom stereocenters. The van der Waals surface area contributed by atoms with E-state index in [-0.39, 0.29) is 0 Å². The summed E-state index contributed by atoms with van der Waals surface area (Å²) < 4.78 is 5.76. The molecule has 0 fully saturated rings. The van der Waals surface area contributed by atoms with Crippen molar-refractivity contribution in [3.05, 3.63) is 92.9 Å². The summed E-state index contributed by atoms with van der Waals surface area (Å²) in [6.07, 6.45) is 1.76. The topological polar surface area (TPSA) is 21.6 Å². The van der Waals surface area contributed by atoms with Gasteiger partial charge in [-0.05, 0) is 48.0 Å². The van der Waals surface area contributed by atoms with Crippen molar-refractivity contribution in [2.45, 2.75) is 6.61 Å². The summed E-state index contributed by atoms with van der Waals surface area (Å²) in [6.45, 7) is 0.313. The van der Waals surface area contributed by atoms with E-state index in [2.05, 4.69) is 4.99 Å². The third kappa shape index (κ3) is 4.99. The molecular weight excluding hydrogens is 377 g/mol. The Bertz CT molecular complexity index is 895. The molecule has 126 valence electrons. The van der Waals surface area contributed by atoms with Crippen molar-refractivity contribution < 1.29 is 4.74 Å². The largest absolute Gasteiger partial charge is 0.487 e. The van der Waals surface area contributed by atoms with E-state index in [0.717, 1.165) is 16.8 Å². The fourth-order valence-corrected chi connectivity index (χ4v) is 2.88. The van der Waals surface area contributed by atoms with Crippen LogP contribution in [0.4, 0.5) is 5.69 Å². The minimum Gasteiger partial charge on any atom is -0.487 e. The van der Waals surface area contributed by atoms with Crippen LogP contribution in [-0.2, 0) is 6.61 Å². The van der Waals surface area contributed by atoms with Gasteiger partial charge in [-0.3, -0.25) is 4.99 Å². The number of halogens is 3. The average Bonchev–Trinajstić information content (AvgIpc) is 2.61. The van der Waals surface area contributed by atoms with Gasteiger partial charge in [0.2, 0.25) is 0 Å².